The molecule has 0 aliphatic carbocycles. The Balaban J connectivity index is 1.81. The lowest BCUT2D eigenvalue weighted by Gasteiger charge is -2.08. The molecule has 0 radical (unpaired) electrons. The minimum absolute atomic E-state index is 0.280. The molecular weight excluding hydrogens is 274 g/mol. The van der Waals surface area contributed by atoms with Gasteiger partial charge in [0, 0.05) is 12.6 Å². The van der Waals surface area contributed by atoms with Gasteiger partial charge in [-0.05, 0) is 38.1 Å². The number of esters is 1. The van der Waals surface area contributed by atoms with Crippen LogP contribution in [0.1, 0.15) is 23.7 Å². The predicted octanol–water partition coefficient (Wildman–Crippen LogP) is 2.25. The van der Waals surface area contributed by atoms with Gasteiger partial charge in [0.25, 0.3) is 0 Å². The minimum atomic E-state index is -0.280. The molecule has 6 heteroatoms. The van der Waals surface area contributed by atoms with Gasteiger partial charge in [0.1, 0.15) is 0 Å². The highest BCUT2D eigenvalue weighted by atomic mass is 32.1. The summed E-state index contributed by atoms with van der Waals surface area (Å²) in [6, 6.07) is 5.93. The fraction of sp³-hybridized carbons (Fsp3) is 0.429. The number of anilines is 1. The first-order valence-corrected chi connectivity index (χ1v) is 7.63. The number of aromatic nitrogens is 1. The second kappa shape index (κ2) is 5.76. The summed E-state index contributed by atoms with van der Waals surface area (Å²) in [7, 11) is 0. The standard InChI is InChI=1S/C14H17N3O2S/c1-2-19-13(18)9-3-4-11-12(7-9)20-14(17-11)16-10-5-6-15-8-10/h3-4,7,10,15H,2,5-6,8H2,1H3,(H,16,17). The van der Waals surface area contributed by atoms with Gasteiger partial charge in [0.15, 0.2) is 5.13 Å². The molecular formula is C14H17N3O2S. The van der Waals surface area contributed by atoms with Crippen LogP contribution in [0.3, 0.4) is 0 Å². The van der Waals surface area contributed by atoms with Gasteiger partial charge in [-0.15, -0.1) is 0 Å². The molecule has 2 aromatic rings. The summed E-state index contributed by atoms with van der Waals surface area (Å²) in [4.78, 5) is 16.3. The molecule has 2 N–H and O–H groups in total. The number of nitrogens with one attached hydrogen (secondary N) is 2. The largest absolute Gasteiger partial charge is 0.462 e. The quantitative estimate of drug-likeness (QED) is 0.846. The number of nitrogens with zero attached hydrogens (tertiary/aromatic N) is 1. The molecule has 1 atom stereocenters. The van der Waals surface area contributed by atoms with E-state index >= 15 is 0 Å². The molecule has 1 aromatic heterocycles. The van der Waals surface area contributed by atoms with Crippen molar-refractivity contribution in [2.45, 2.75) is 19.4 Å². The van der Waals surface area contributed by atoms with Crippen LogP contribution in [0, 0.1) is 0 Å². The summed E-state index contributed by atoms with van der Waals surface area (Å²) in [6.45, 7) is 4.22. The first kappa shape index (κ1) is 13.3. The molecule has 1 saturated heterocycles. The van der Waals surface area contributed by atoms with Crippen molar-refractivity contribution in [3.63, 3.8) is 0 Å². The molecule has 1 aliphatic rings. The topological polar surface area (TPSA) is 63.2 Å². The Bertz CT molecular complexity index is 620. The number of thiazole rings is 1. The van der Waals surface area contributed by atoms with Crippen molar-refractivity contribution in [3.05, 3.63) is 23.8 Å². The van der Waals surface area contributed by atoms with E-state index in [4.69, 9.17) is 4.74 Å². The summed E-state index contributed by atoms with van der Waals surface area (Å²) >= 11 is 1.58. The van der Waals surface area contributed by atoms with Crippen molar-refractivity contribution >= 4 is 32.7 Å². The molecule has 0 spiro atoms. The van der Waals surface area contributed by atoms with Gasteiger partial charge < -0.3 is 15.4 Å². The summed E-state index contributed by atoms with van der Waals surface area (Å²) in [5, 5.41) is 7.66. The fourth-order valence-electron chi connectivity index (χ4n) is 2.28. The maximum atomic E-state index is 11.7. The molecule has 0 amide bonds. The second-order valence-corrected chi connectivity index (χ2v) is 5.79. The van der Waals surface area contributed by atoms with E-state index in [0.717, 1.165) is 34.9 Å². The SMILES string of the molecule is CCOC(=O)c1ccc2nc(NC3CCNC3)sc2c1. The van der Waals surface area contributed by atoms with Gasteiger partial charge in [-0.25, -0.2) is 9.78 Å². The van der Waals surface area contributed by atoms with E-state index in [0.29, 0.717) is 18.2 Å². The second-order valence-electron chi connectivity index (χ2n) is 4.76. The molecule has 1 fully saturated rings. The van der Waals surface area contributed by atoms with Crippen LogP contribution in [-0.4, -0.2) is 36.7 Å². The molecule has 1 unspecified atom stereocenters. The lowest BCUT2D eigenvalue weighted by molar-refractivity contribution is 0.0526. The van der Waals surface area contributed by atoms with Crippen molar-refractivity contribution in [1.29, 1.82) is 0 Å². The van der Waals surface area contributed by atoms with Crippen LogP contribution in [0.2, 0.25) is 0 Å². The highest BCUT2D eigenvalue weighted by Gasteiger charge is 2.16. The van der Waals surface area contributed by atoms with E-state index in [9.17, 15) is 4.79 Å². The summed E-state index contributed by atoms with van der Waals surface area (Å²) in [6.07, 6.45) is 1.12. The number of hydrogen-bond acceptors (Lipinski definition) is 6. The Kier molecular flexibility index (Phi) is 3.84. The van der Waals surface area contributed by atoms with Gasteiger partial charge >= 0.3 is 5.97 Å². The van der Waals surface area contributed by atoms with Crippen molar-refractivity contribution in [2.75, 3.05) is 25.0 Å². The number of hydrogen-bond donors (Lipinski definition) is 2. The Morgan fingerprint density at radius 1 is 1.60 bits per heavy atom. The zero-order valence-corrected chi connectivity index (χ0v) is 12.1. The lowest BCUT2D eigenvalue weighted by atomic mass is 10.2. The van der Waals surface area contributed by atoms with Crippen LogP contribution in [-0.2, 0) is 4.74 Å². The average Bonchev–Trinajstić information content (AvgIpc) is 3.07. The van der Waals surface area contributed by atoms with Crippen LogP contribution < -0.4 is 10.6 Å². The van der Waals surface area contributed by atoms with E-state index in [1.165, 1.54) is 0 Å². The third kappa shape index (κ3) is 2.76. The third-order valence-corrected chi connectivity index (χ3v) is 4.24. The number of benzene rings is 1. The maximum absolute atomic E-state index is 11.7. The number of rotatable bonds is 4. The smallest absolute Gasteiger partial charge is 0.338 e. The molecule has 1 aliphatic heterocycles. The number of carbonyl (C=O) groups is 1. The van der Waals surface area contributed by atoms with Gasteiger partial charge in [0.2, 0.25) is 0 Å². The first-order chi connectivity index (χ1) is 9.76. The van der Waals surface area contributed by atoms with Crippen LogP contribution in [0.15, 0.2) is 18.2 Å². The monoisotopic (exact) mass is 291 g/mol. The third-order valence-electron chi connectivity index (χ3n) is 3.29. The van der Waals surface area contributed by atoms with Crippen molar-refractivity contribution in [1.82, 2.24) is 10.3 Å². The average molecular weight is 291 g/mol. The van der Waals surface area contributed by atoms with Crippen LogP contribution in [0.25, 0.3) is 10.2 Å². The first-order valence-electron chi connectivity index (χ1n) is 6.81. The summed E-state index contributed by atoms with van der Waals surface area (Å²) in [5.41, 5.74) is 1.49. The lowest BCUT2D eigenvalue weighted by Crippen LogP contribution is -2.21. The Labute approximate surface area is 121 Å². The Hall–Kier alpha value is -1.66. The molecule has 1 aromatic carbocycles. The Morgan fingerprint density at radius 2 is 2.50 bits per heavy atom. The number of ether oxygens (including phenoxy) is 1. The molecule has 3 rings (SSSR count). The minimum Gasteiger partial charge on any atom is -0.462 e. The summed E-state index contributed by atoms with van der Waals surface area (Å²) in [5.74, 6) is -0.280. The van der Waals surface area contributed by atoms with Gasteiger partial charge in [-0.3, -0.25) is 0 Å². The molecule has 0 bridgehead atoms. The number of carbonyl (C=O) groups excluding carboxylic acids is 1. The van der Waals surface area contributed by atoms with E-state index in [1.807, 2.05) is 12.1 Å². The number of fused-ring (bicyclic) bond motifs is 1. The highest BCUT2D eigenvalue weighted by molar-refractivity contribution is 7.22. The maximum Gasteiger partial charge on any atom is 0.338 e. The summed E-state index contributed by atoms with van der Waals surface area (Å²) < 4.78 is 6.02. The predicted molar refractivity (Wildman–Crippen MR) is 80.5 cm³/mol. The molecule has 20 heavy (non-hydrogen) atoms. The zero-order valence-electron chi connectivity index (χ0n) is 11.3. The van der Waals surface area contributed by atoms with E-state index in [1.54, 1.807) is 24.3 Å². The fourth-order valence-corrected chi connectivity index (χ4v) is 3.26. The van der Waals surface area contributed by atoms with Crippen molar-refractivity contribution in [3.8, 4) is 0 Å². The molecule has 0 saturated carbocycles. The van der Waals surface area contributed by atoms with E-state index in [2.05, 4.69) is 15.6 Å². The molecule has 2 heterocycles. The van der Waals surface area contributed by atoms with Crippen LogP contribution in [0.4, 0.5) is 5.13 Å². The van der Waals surface area contributed by atoms with E-state index < -0.39 is 0 Å². The van der Waals surface area contributed by atoms with Crippen LogP contribution in [0.5, 0.6) is 0 Å². The van der Waals surface area contributed by atoms with Gasteiger partial charge in [0.05, 0.1) is 22.4 Å². The Morgan fingerprint density at radius 3 is 3.25 bits per heavy atom. The van der Waals surface area contributed by atoms with E-state index in [-0.39, 0.29) is 5.97 Å². The molecule has 106 valence electrons. The highest BCUT2D eigenvalue weighted by Crippen LogP contribution is 2.28. The van der Waals surface area contributed by atoms with Crippen molar-refractivity contribution in [2.24, 2.45) is 0 Å². The molecule has 5 nitrogen and oxygen atoms in total. The zero-order chi connectivity index (χ0) is 13.9. The normalized spacial score (nSPS) is 18.4. The van der Waals surface area contributed by atoms with Crippen LogP contribution >= 0.6 is 11.3 Å². The van der Waals surface area contributed by atoms with Gasteiger partial charge in [-0.2, -0.15) is 0 Å². The van der Waals surface area contributed by atoms with Gasteiger partial charge in [-0.1, -0.05) is 11.3 Å². The van der Waals surface area contributed by atoms with Crippen molar-refractivity contribution < 1.29 is 9.53 Å².